The number of ether oxygens (including phenoxy) is 1. The van der Waals surface area contributed by atoms with Crippen molar-refractivity contribution >= 4 is 10.9 Å². The molecule has 3 nitrogen and oxygen atoms in total. The molecule has 1 aliphatic carbocycles. The number of benzene rings is 2. The Balaban J connectivity index is 1.69. The summed E-state index contributed by atoms with van der Waals surface area (Å²) in [7, 11) is 0. The predicted molar refractivity (Wildman–Crippen MR) is 98.4 cm³/mol. The highest BCUT2D eigenvalue weighted by Crippen LogP contribution is 2.44. The van der Waals surface area contributed by atoms with E-state index in [1.165, 1.54) is 34.1 Å². The van der Waals surface area contributed by atoms with Crippen molar-refractivity contribution in [1.82, 2.24) is 4.98 Å². The molecule has 0 radical (unpaired) electrons. The second kappa shape index (κ2) is 6.33. The van der Waals surface area contributed by atoms with Crippen LogP contribution in [0, 0.1) is 0 Å². The second-order valence-corrected chi connectivity index (χ2v) is 6.92. The van der Waals surface area contributed by atoms with Crippen LogP contribution in [0.25, 0.3) is 10.9 Å². The lowest BCUT2D eigenvalue weighted by Crippen LogP contribution is -2.17. The first-order valence-electron chi connectivity index (χ1n) is 8.78. The van der Waals surface area contributed by atoms with Gasteiger partial charge >= 0.3 is 0 Å². The molecular formula is C21H24N2O. The van der Waals surface area contributed by atoms with Gasteiger partial charge in [-0.15, -0.1) is 0 Å². The molecule has 1 aliphatic rings. The van der Waals surface area contributed by atoms with Crippen molar-refractivity contribution < 1.29 is 4.74 Å². The monoisotopic (exact) mass is 320 g/mol. The molecular weight excluding hydrogens is 296 g/mol. The fourth-order valence-electron chi connectivity index (χ4n) is 3.94. The summed E-state index contributed by atoms with van der Waals surface area (Å²) < 4.78 is 6.19. The van der Waals surface area contributed by atoms with Gasteiger partial charge in [-0.1, -0.05) is 36.4 Å². The lowest BCUT2D eigenvalue weighted by Gasteiger charge is -2.15. The lowest BCUT2D eigenvalue weighted by atomic mass is 9.93. The van der Waals surface area contributed by atoms with E-state index in [9.17, 15) is 0 Å². The SMILES string of the molecule is C[C@H](N)CC1CCc2[nH]c3cccc(OCc4ccccc4)c3c21. The molecule has 3 N–H and O–H groups in total. The van der Waals surface area contributed by atoms with E-state index >= 15 is 0 Å². The Bertz CT molecular complexity index is 836. The molecule has 0 aliphatic heterocycles. The molecule has 2 atom stereocenters. The zero-order valence-corrected chi connectivity index (χ0v) is 14.1. The molecule has 2 aromatic carbocycles. The molecule has 4 rings (SSSR count). The summed E-state index contributed by atoms with van der Waals surface area (Å²) in [4.78, 5) is 3.60. The number of rotatable bonds is 5. The van der Waals surface area contributed by atoms with Crippen LogP contribution in [0.5, 0.6) is 5.75 Å². The highest BCUT2D eigenvalue weighted by Gasteiger charge is 2.29. The zero-order valence-electron chi connectivity index (χ0n) is 14.1. The quantitative estimate of drug-likeness (QED) is 0.726. The molecule has 0 amide bonds. The lowest BCUT2D eigenvalue weighted by molar-refractivity contribution is 0.310. The van der Waals surface area contributed by atoms with Crippen LogP contribution in [0.1, 0.15) is 42.5 Å². The Labute approximate surface area is 142 Å². The van der Waals surface area contributed by atoms with Crippen molar-refractivity contribution in [3.63, 3.8) is 0 Å². The van der Waals surface area contributed by atoms with Crippen LogP contribution in [-0.4, -0.2) is 11.0 Å². The fraction of sp³-hybridized carbons (Fsp3) is 0.333. The van der Waals surface area contributed by atoms with Gasteiger partial charge in [-0.25, -0.2) is 0 Å². The Morgan fingerprint density at radius 1 is 1.17 bits per heavy atom. The largest absolute Gasteiger partial charge is 0.488 e. The smallest absolute Gasteiger partial charge is 0.129 e. The van der Waals surface area contributed by atoms with Crippen molar-refractivity contribution in [2.75, 3.05) is 0 Å². The molecule has 1 unspecified atom stereocenters. The van der Waals surface area contributed by atoms with Gasteiger partial charge < -0.3 is 15.5 Å². The van der Waals surface area contributed by atoms with Crippen LogP contribution < -0.4 is 10.5 Å². The van der Waals surface area contributed by atoms with Crippen molar-refractivity contribution in [3.05, 3.63) is 65.4 Å². The second-order valence-electron chi connectivity index (χ2n) is 6.92. The van der Waals surface area contributed by atoms with E-state index in [1.807, 2.05) is 18.2 Å². The van der Waals surface area contributed by atoms with Crippen LogP contribution in [0.3, 0.4) is 0 Å². The van der Waals surface area contributed by atoms with Crippen molar-refractivity contribution in [2.45, 2.75) is 44.8 Å². The molecule has 0 bridgehead atoms. The maximum atomic E-state index is 6.19. The topological polar surface area (TPSA) is 51.0 Å². The van der Waals surface area contributed by atoms with E-state index in [-0.39, 0.29) is 6.04 Å². The van der Waals surface area contributed by atoms with E-state index in [2.05, 4.69) is 42.2 Å². The Hall–Kier alpha value is -2.26. The molecule has 24 heavy (non-hydrogen) atoms. The summed E-state index contributed by atoms with van der Waals surface area (Å²) in [5.41, 5.74) is 11.2. The predicted octanol–water partition coefficient (Wildman–Crippen LogP) is 4.51. The molecule has 0 saturated carbocycles. The number of nitrogens with one attached hydrogen (secondary N) is 1. The number of aryl methyl sites for hydroxylation is 1. The van der Waals surface area contributed by atoms with Crippen LogP contribution in [0.2, 0.25) is 0 Å². The summed E-state index contributed by atoms with van der Waals surface area (Å²) in [6.07, 6.45) is 3.33. The number of nitrogens with two attached hydrogens (primary N) is 1. The molecule has 3 heteroatoms. The molecule has 1 aromatic heterocycles. The van der Waals surface area contributed by atoms with E-state index < -0.39 is 0 Å². The first-order valence-corrected chi connectivity index (χ1v) is 8.78. The van der Waals surface area contributed by atoms with E-state index in [0.717, 1.165) is 18.6 Å². The first kappa shape index (κ1) is 15.3. The van der Waals surface area contributed by atoms with E-state index in [4.69, 9.17) is 10.5 Å². The third-order valence-electron chi connectivity index (χ3n) is 4.95. The van der Waals surface area contributed by atoms with Gasteiger partial charge in [-0.3, -0.25) is 0 Å². The molecule has 1 heterocycles. The fourth-order valence-corrected chi connectivity index (χ4v) is 3.94. The summed E-state index contributed by atoms with van der Waals surface area (Å²) in [5.74, 6) is 1.51. The third kappa shape index (κ3) is 2.80. The van der Waals surface area contributed by atoms with Gasteiger partial charge in [0.25, 0.3) is 0 Å². The standard InChI is InChI=1S/C21H24N2O/c1-14(22)12-16-10-11-18-20(16)21-17(23-18)8-5-9-19(21)24-13-15-6-3-2-4-7-15/h2-9,14,16,23H,10-13,22H2,1H3/t14-,16?/m0/s1. The minimum absolute atomic E-state index is 0.225. The van der Waals surface area contributed by atoms with Gasteiger partial charge in [-0.2, -0.15) is 0 Å². The summed E-state index contributed by atoms with van der Waals surface area (Å²) in [5, 5.41) is 1.26. The van der Waals surface area contributed by atoms with Crippen LogP contribution in [0.4, 0.5) is 0 Å². The molecule has 124 valence electrons. The van der Waals surface area contributed by atoms with Crippen molar-refractivity contribution in [1.29, 1.82) is 0 Å². The maximum Gasteiger partial charge on any atom is 0.129 e. The minimum atomic E-state index is 0.225. The Morgan fingerprint density at radius 2 is 2.00 bits per heavy atom. The van der Waals surface area contributed by atoms with Crippen LogP contribution >= 0.6 is 0 Å². The normalized spacial score (nSPS) is 17.8. The summed E-state index contributed by atoms with van der Waals surface area (Å²) in [6.45, 7) is 2.69. The number of fused-ring (bicyclic) bond motifs is 3. The Kier molecular flexibility index (Phi) is 4.03. The molecule has 0 saturated heterocycles. The van der Waals surface area contributed by atoms with Gasteiger partial charge in [0.15, 0.2) is 0 Å². The van der Waals surface area contributed by atoms with Gasteiger partial charge in [0.05, 0.1) is 0 Å². The summed E-state index contributed by atoms with van der Waals surface area (Å²) >= 11 is 0. The highest BCUT2D eigenvalue weighted by molar-refractivity contribution is 5.91. The highest BCUT2D eigenvalue weighted by atomic mass is 16.5. The number of H-pyrrole nitrogens is 1. The molecule has 0 fully saturated rings. The average Bonchev–Trinajstić information content (AvgIpc) is 3.13. The maximum absolute atomic E-state index is 6.19. The number of hydrogen-bond acceptors (Lipinski definition) is 2. The molecule has 0 spiro atoms. The average molecular weight is 320 g/mol. The summed E-state index contributed by atoms with van der Waals surface area (Å²) in [6, 6.07) is 16.8. The third-order valence-corrected chi connectivity index (χ3v) is 4.95. The zero-order chi connectivity index (χ0) is 16.5. The van der Waals surface area contributed by atoms with Crippen molar-refractivity contribution in [3.8, 4) is 5.75 Å². The first-order chi connectivity index (χ1) is 11.7. The number of hydrogen-bond donors (Lipinski definition) is 2. The van der Waals surface area contributed by atoms with E-state index in [0.29, 0.717) is 12.5 Å². The van der Waals surface area contributed by atoms with Crippen LogP contribution in [0.15, 0.2) is 48.5 Å². The number of aromatic amines is 1. The van der Waals surface area contributed by atoms with Gasteiger partial charge in [0, 0.05) is 22.6 Å². The van der Waals surface area contributed by atoms with Gasteiger partial charge in [-0.05, 0) is 55.4 Å². The Morgan fingerprint density at radius 3 is 2.79 bits per heavy atom. The van der Waals surface area contributed by atoms with Crippen molar-refractivity contribution in [2.24, 2.45) is 5.73 Å². The van der Waals surface area contributed by atoms with Crippen LogP contribution in [-0.2, 0) is 13.0 Å². The van der Waals surface area contributed by atoms with E-state index in [1.54, 1.807) is 0 Å². The van der Waals surface area contributed by atoms with Gasteiger partial charge in [0.2, 0.25) is 0 Å². The number of aromatic nitrogens is 1. The molecule has 3 aromatic rings. The minimum Gasteiger partial charge on any atom is -0.488 e. The van der Waals surface area contributed by atoms with Gasteiger partial charge in [0.1, 0.15) is 12.4 Å².